The number of unbranched alkanes of at least 4 members (excludes halogenated alkanes) is 1. The summed E-state index contributed by atoms with van der Waals surface area (Å²) in [5.41, 5.74) is 4.69. The molecule has 40 heavy (non-hydrogen) atoms. The van der Waals surface area contributed by atoms with E-state index in [4.69, 9.17) is 4.74 Å². The normalized spacial score (nSPS) is 13.7. The Balaban J connectivity index is 2.64. The molecule has 0 aliphatic rings. The van der Waals surface area contributed by atoms with Gasteiger partial charge in [0.1, 0.15) is 17.7 Å². The van der Waals surface area contributed by atoms with Crippen molar-refractivity contribution in [1.82, 2.24) is 10.2 Å². The number of benzene rings is 2. The highest BCUT2D eigenvalue weighted by Crippen LogP contribution is 2.29. The van der Waals surface area contributed by atoms with Crippen LogP contribution in [0.15, 0.2) is 36.4 Å². The van der Waals surface area contributed by atoms with Crippen LogP contribution in [0.3, 0.4) is 0 Å². The smallest absolute Gasteiger partial charge is 0.408 e. The molecule has 3 unspecified atom stereocenters. The van der Waals surface area contributed by atoms with Gasteiger partial charge in [0.25, 0.3) is 5.91 Å². The number of ether oxygens (including phenoxy) is 1. The van der Waals surface area contributed by atoms with Crippen LogP contribution in [0.5, 0.6) is 0 Å². The first-order valence-electron chi connectivity index (χ1n) is 14.4. The molecule has 3 atom stereocenters. The molecule has 3 amide bonds. The van der Waals surface area contributed by atoms with Crippen molar-refractivity contribution in [3.8, 4) is 0 Å². The van der Waals surface area contributed by atoms with Crippen LogP contribution in [0.25, 0.3) is 0 Å². The number of carbonyl (C=O) groups is 3. The minimum atomic E-state index is -0.886. The minimum Gasteiger partial charge on any atom is -0.444 e. The molecule has 0 radical (unpaired) electrons. The Bertz CT molecular complexity index is 1140. The Morgan fingerprint density at radius 3 is 2.02 bits per heavy atom. The van der Waals surface area contributed by atoms with E-state index < -0.39 is 23.8 Å². The van der Waals surface area contributed by atoms with Gasteiger partial charge in [-0.05, 0) is 77.5 Å². The van der Waals surface area contributed by atoms with Crippen molar-refractivity contribution in [2.24, 2.45) is 5.92 Å². The van der Waals surface area contributed by atoms with Gasteiger partial charge in [0.05, 0.1) is 0 Å². The van der Waals surface area contributed by atoms with Crippen molar-refractivity contribution in [1.29, 1.82) is 0 Å². The number of hydrogen-bond donors (Lipinski definition) is 2. The van der Waals surface area contributed by atoms with Crippen molar-refractivity contribution in [3.05, 3.63) is 64.2 Å². The fourth-order valence-corrected chi connectivity index (χ4v) is 4.84. The molecule has 0 aliphatic carbocycles. The summed E-state index contributed by atoms with van der Waals surface area (Å²) in [4.78, 5) is 43.1. The van der Waals surface area contributed by atoms with E-state index in [1.54, 1.807) is 25.7 Å². The van der Waals surface area contributed by atoms with E-state index in [0.717, 1.165) is 39.9 Å². The van der Waals surface area contributed by atoms with Crippen LogP contribution < -0.4 is 10.6 Å². The van der Waals surface area contributed by atoms with Crippen LogP contribution in [0.2, 0.25) is 0 Å². The van der Waals surface area contributed by atoms with Crippen LogP contribution in [0.1, 0.15) is 94.7 Å². The van der Waals surface area contributed by atoms with Crippen molar-refractivity contribution in [2.45, 2.75) is 106 Å². The Morgan fingerprint density at radius 2 is 1.52 bits per heavy atom. The average molecular weight is 552 g/mol. The molecule has 2 N–H and O–H groups in total. The SMILES string of the molecule is CCCCN(C(=O)C(NC(=O)OC(C)(C)C)C(C)CC)C(C(=O)Nc1c(C)cccc1C)c1cc(C)cc(C)c1. The third kappa shape index (κ3) is 9.10. The molecule has 0 bridgehead atoms. The second-order valence-electron chi connectivity index (χ2n) is 12.0. The number of para-hydroxylation sites is 1. The summed E-state index contributed by atoms with van der Waals surface area (Å²) in [6, 6.07) is 10.1. The van der Waals surface area contributed by atoms with E-state index in [1.165, 1.54) is 0 Å². The second-order valence-corrected chi connectivity index (χ2v) is 12.0. The predicted octanol–water partition coefficient (Wildman–Crippen LogP) is 7.17. The molecule has 2 aromatic rings. The summed E-state index contributed by atoms with van der Waals surface area (Å²) in [5, 5.41) is 5.97. The van der Waals surface area contributed by atoms with Crippen LogP contribution in [0.4, 0.5) is 10.5 Å². The zero-order valence-electron chi connectivity index (χ0n) is 26.1. The molecular formula is C33H49N3O4. The summed E-state index contributed by atoms with van der Waals surface area (Å²) in [6.45, 7) is 19.6. The Morgan fingerprint density at radius 1 is 0.950 bits per heavy atom. The zero-order valence-corrected chi connectivity index (χ0v) is 26.1. The zero-order chi connectivity index (χ0) is 30.2. The van der Waals surface area contributed by atoms with Gasteiger partial charge in [-0.25, -0.2) is 4.79 Å². The van der Waals surface area contributed by atoms with Crippen LogP contribution >= 0.6 is 0 Å². The second kappa shape index (κ2) is 14.3. The van der Waals surface area contributed by atoms with E-state index in [0.29, 0.717) is 19.4 Å². The number of carbonyl (C=O) groups excluding carboxylic acids is 3. The van der Waals surface area contributed by atoms with Gasteiger partial charge in [0.15, 0.2) is 0 Å². The first-order valence-corrected chi connectivity index (χ1v) is 14.4. The van der Waals surface area contributed by atoms with Gasteiger partial charge in [-0.2, -0.15) is 0 Å². The van der Waals surface area contributed by atoms with Gasteiger partial charge in [-0.3, -0.25) is 9.59 Å². The topological polar surface area (TPSA) is 87.7 Å². The molecular weight excluding hydrogens is 502 g/mol. The lowest BCUT2D eigenvalue weighted by atomic mass is 9.94. The Hall–Kier alpha value is -3.35. The van der Waals surface area contributed by atoms with E-state index in [2.05, 4.69) is 17.6 Å². The lowest BCUT2D eigenvalue weighted by Gasteiger charge is -2.36. The molecule has 0 aromatic heterocycles. The first kappa shape index (κ1) is 32.9. The van der Waals surface area contributed by atoms with Crippen LogP contribution in [-0.2, 0) is 14.3 Å². The van der Waals surface area contributed by atoms with Crippen LogP contribution in [0, 0.1) is 33.6 Å². The molecule has 0 aliphatic heterocycles. The maximum atomic E-state index is 14.4. The highest BCUT2D eigenvalue weighted by molar-refractivity contribution is 6.00. The van der Waals surface area contributed by atoms with Crippen molar-refractivity contribution in [3.63, 3.8) is 0 Å². The number of rotatable bonds is 11. The molecule has 0 heterocycles. The monoisotopic (exact) mass is 551 g/mol. The predicted molar refractivity (Wildman–Crippen MR) is 162 cm³/mol. The fraction of sp³-hybridized carbons (Fsp3) is 0.545. The number of hydrogen-bond acceptors (Lipinski definition) is 4. The maximum Gasteiger partial charge on any atom is 0.408 e. The lowest BCUT2D eigenvalue weighted by molar-refractivity contribution is -0.142. The first-order chi connectivity index (χ1) is 18.7. The number of aryl methyl sites for hydroxylation is 4. The van der Waals surface area contributed by atoms with Crippen molar-refractivity contribution in [2.75, 3.05) is 11.9 Å². The van der Waals surface area contributed by atoms with Gasteiger partial charge in [-0.15, -0.1) is 0 Å². The molecule has 0 saturated carbocycles. The third-order valence-corrected chi connectivity index (χ3v) is 7.04. The summed E-state index contributed by atoms with van der Waals surface area (Å²) in [5.74, 6) is -0.757. The number of alkyl carbamates (subject to hydrolysis) is 1. The number of anilines is 1. The number of nitrogens with one attached hydrogen (secondary N) is 2. The minimum absolute atomic E-state index is 0.175. The van der Waals surface area contributed by atoms with Gasteiger partial charge in [-0.1, -0.05) is 81.1 Å². The summed E-state index contributed by atoms with van der Waals surface area (Å²) in [7, 11) is 0. The average Bonchev–Trinajstić information content (AvgIpc) is 2.84. The van der Waals surface area contributed by atoms with Gasteiger partial charge in [0.2, 0.25) is 5.91 Å². The summed E-state index contributed by atoms with van der Waals surface area (Å²) in [6.07, 6.45) is 1.57. The quantitative estimate of drug-likeness (QED) is 0.310. The third-order valence-electron chi connectivity index (χ3n) is 7.04. The largest absolute Gasteiger partial charge is 0.444 e. The summed E-state index contributed by atoms with van der Waals surface area (Å²) < 4.78 is 5.50. The highest BCUT2D eigenvalue weighted by atomic mass is 16.6. The van der Waals surface area contributed by atoms with Crippen LogP contribution in [-0.4, -0.2) is 41.0 Å². The molecule has 7 nitrogen and oxygen atoms in total. The van der Waals surface area contributed by atoms with Crippen molar-refractivity contribution < 1.29 is 19.1 Å². The highest BCUT2D eigenvalue weighted by Gasteiger charge is 2.38. The number of nitrogens with zero attached hydrogens (tertiary/aromatic N) is 1. The Kier molecular flexibility index (Phi) is 11.8. The molecule has 0 spiro atoms. The van der Waals surface area contributed by atoms with Gasteiger partial charge in [0, 0.05) is 12.2 Å². The molecule has 0 saturated heterocycles. The van der Waals surface area contributed by atoms with Crippen molar-refractivity contribution >= 4 is 23.6 Å². The van der Waals surface area contributed by atoms with E-state index in [1.807, 2.05) is 77.9 Å². The molecule has 7 heteroatoms. The van der Waals surface area contributed by atoms with E-state index in [9.17, 15) is 14.4 Å². The standard InChI is InChI=1S/C33H49N3O4/c1-11-13-17-36(31(38)28(23(5)12-2)35-32(39)40-33(8,9)10)29(26-19-21(3)18-22(4)20-26)30(37)34-27-24(6)15-14-16-25(27)7/h14-16,18-20,23,28-29H,11-13,17H2,1-10H3,(H,34,37)(H,35,39). The molecule has 0 fully saturated rings. The Labute approximate surface area is 241 Å². The molecule has 220 valence electrons. The van der Waals surface area contributed by atoms with Gasteiger partial charge >= 0.3 is 6.09 Å². The number of amides is 3. The molecule has 2 rings (SSSR count). The van der Waals surface area contributed by atoms with E-state index in [-0.39, 0.29) is 17.7 Å². The molecule has 2 aromatic carbocycles. The maximum absolute atomic E-state index is 14.4. The van der Waals surface area contributed by atoms with Gasteiger partial charge < -0.3 is 20.3 Å². The summed E-state index contributed by atoms with van der Waals surface area (Å²) >= 11 is 0. The fourth-order valence-electron chi connectivity index (χ4n) is 4.84. The van der Waals surface area contributed by atoms with E-state index >= 15 is 0 Å². The lowest BCUT2D eigenvalue weighted by Crippen LogP contribution is -2.55.